The van der Waals surface area contributed by atoms with Crippen LogP contribution in [-0.2, 0) is 0 Å². The van der Waals surface area contributed by atoms with Crippen molar-refractivity contribution in [3.05, 3.63) is 66.1 Å². The molecule has 0 aliphatic carbocycles. The standard InChI is InChI=1S/C17H19O2/c1-3-18-16-11-7-5-9-14(16)13-15-10-6-8-12-17(15)19-4-2/h5-13H,3-4H2,1-2H3. The van der Waals surface area contributed by atoms with Crippen LogP contribution in [0.5, 0.6) is 11.5 Å². The zero-order valence-electron chi connectivity index (χ0n) is 11.4. The van der Waals surface area contributed by atoms with E-state index in [0.717, 1.165) is 22.6 Å². The van der Waals surface area contributed by atoms with Crippen LogP contribution in [-0.4, -0.2) is 13.2 Å². The molecule has 0 aliphatic rings. The fourth-order valence-corrected chi connectivity index (χ4v) is 1.94. The van der Waals surface area contributed by atoms with Gasteiger partial charge in [0.05, 0.1) is 13.2 Å². The Labute approximate surface area is 115 Å². The van der Waals surface area contributed by atoms with E-state index in [1.165, 1.54) is 0 Å². The molecule has 0 bridgehead atoms. The molecule has 0 amide bonds. The van der Waals surface area contributed by atoms with Gasteiger partial charge in [0.1, 0.15) is 11.5 Å². The molecule has 99 valence electrons. The Morgan fingerprint density at radius 3 is 1.58 bits per heavy atom. The molecule has 0 aliphatic heterocycles. The third-order valence-electron chi connectivity index (χ3n) is 2.75. The molecule has 0 spiro atoms. The molecule has 0 fully saturated rings. The molecular weight excluding hydrogens is 236 g/mol. The van der Waals surface area contributed by atoms with Gasteiger partial charge in [-0.15, -0.1) is 0 Å². The molecule has 0 N–H and O–H groups in total. The molecule has 0 aromatic heterocycles. The minimum atomic E-state index is 0.665. The molecule has 1 radical (unpaired) electrons. The molecule has 0 unspecified atom stereocenters. The lowest BCUT2D eigenvalue weighted by molar-refractivity contribution is 0.336. The number of hydrogen-bond donors (Lipinski definition) is 0. The van der Waals surface area contributed by atoms with E-state index in [4.69, 9.17) is 9.47 Å². The maximum Gasteiger partial charge on any atom is 0.123 e. The maximum absolute atomic E-state index is 5.64. The van der Waals surface area contributed by atoms with Gasteiger partial charge in [0.25, 0.3) is 0 Å². The van der Waals surface area contributed by atoms with E-state index in [-0.39, 0.29) is 0 Å². The summed E-state index contributed by atoms with van der Waals surface area (Å²) in [6.45, 7) is 5.31. The van der Waals surface area contributed by atoms with Crippen molar-refractivity contribution in [3.8, 4) is 11.5 Å². The summed E-state index contributed by atoms with van der Waals surface area (Å²) in [6, 6.07) is 16.1. The second kappa shape index (κ2) is 6.83. The summed E-state index contributed by atoms with van der Waals surface area (Å²) in [5.74, 6) is 1.80. The van der Waals surface area contributed by atoms with E-state index < -0.39 is 0 Å². The SMILES string of the molecule is CCOc1ccccc1[CH]c1ccccc1OCC. The highest BCUT2D eigenvalue weighted by Gasteiger charge is 2.08. The van der Waals surface area contributed by atoms with Crippen molar-refractivity contribution < 1.29 is 9.47 Å². The monoisotopic (exact) mass is 255 g/mol. The van der Waals surface area contributed by atoms with Crippen LogP contribution in [0.1, 0.15) is 25.0 Å². The summed E-state index contributed by atoms with van der Waals surface area (Å²) in [6.07, 6.45) is 2.09. The van der Waals surface area contributed by atoms with Gasteiger partial charge in [-0.3, -0.25) is 0 Å². The van der Waals surface area contributed by atoms with Crippen LogP contribution in [0, 0.1) is 6.42 Å². The zero-order valence-corrected chi connectivity index (χ0v) is 11.4. The lowest BCUT2D eigenvalue weighted by atomic mass is 10.0. The van der Waals surface area contributed by atoms with Gasteiger partial charge in [-0.1, -0.05) is 36.4 Å². The summed E-state index contributed by atoms with van der Waals surface area (Å²) in [7, 11) is 0. The fraction of sp³-hybridized carbons (Fsp3) is 0.235. The molecule has 0 saturated carbocycles. The Morgan fingerprint density at radius 2 is 1.16 bits per heavy atom. The summed E-state index contributed by atoms with van der Waals surface area (Å²) < 4.78 is 11.3. The number of ether oxygens (including phenoxy) is 2. The van der Waals surface area contributed by atoms with Crippen LogP contribution in [0.2, 0.25) is 0 Å². The Bertz CT molecular complexity index is 473. The van der Waals surface area contributed by atoms with Crippen LogP contribution in [0.25, 0.3) is 0 Å². The zero-order chi connectivity index (χ0) is 13.5. The van der Waals surface area contributed by atoms with Gasteiger partial charge in [-0.25, -0.2) is 0 Å². The normalized spacial score (nSPS) is 10.2. The number of para-hydroxylation sites is 2. The topological polar surface area (TPSA) is 18.5 Å². The average molecular weight is 255 g/mol. The van der Waals surface area contributed by atoms with Crippen LogP contribution >= 0.6 is 0 Å². The Morgan fingerprint density at radius 1 is 0.737 bits per heavy atom. The highest BCUT2D eigenvalue weighted by Crippen LogP contribution is 2.27. The first-order valence-electron chi connectivity index (χ1n) is 6.63. The van der Waals surface area contributed by atoms with Crippen LogP contribution in [0.3, 0.4) is 0 Å². The molecule has 2 rings (SSSR count). The van der Waals surface area contributed by atoms with Gasteiger partial charge >= 0.3 is 0 Å². The van der Waals surface area contributed by atoms with Crippen LogP contribution < -0.4 is 9.47 Å². The molecule has 2 aromatic rings. The van der Waals surface area contributed by atoms with Gasteiger partial charge in [0, 0.05) is 17.5 Å². The van der Waals surface area contributed by atoms with Gasteiger partial charge in [-0.2, -0.15) is 0 Å². The van der Waals surface area contributed by atoms with E-state index in [0.29, 0.717) is 13.2 Å². The molecule has 2 nitrogen and oxygen atoms in total. The van der Waals surface area contributed by atoms with E-state index in [1.54, 1.807) is 0 Å². The van der Waals surface area contributed by atoms with E-state index in [9.17, 15) is 0 Å². The van der Waals surface area contributed by atoms with Crippen molar-refractivity contribution in [2.75, 3.05) is 13.2 Å². The Kier molecular flexibility index (Phi) is 4.85. The summed E-state index contributed by atoms with van der Waals surface area (Å²) in [4.78, 5) is 0. The lowest BCUT2D eigenvalue weighted by Gasteiger charge is -2.12. The molecule has 2 heteroatoms. The van der Waals surface area contributed by atoms with Gasteiger partial charge < -0.3 is 9.47 Å². The summed E-state index contributed by atoms with van der Waals surface area (Å²) in [5, 5.41) is 0. The van der Waals surface area contributed by atoms with E-state index >= 15 is 0 Å². The quantitative estimate of drug-likeness (QED) is 0.774. The molecular formula is C17H19O2. The highest BCUT2D eigenvalue weighted by molar-refractivity contribution is 5.50. The molecule has 2 aromatic carbocycles. The molecule has 19 heavy (non-hydrogen) atoms. The lowest BCUT2D eigenvalue weighted by Crippen LogP contribution is -1.99. The maximum atomic E-state index is 5.64. The number of hydrogen-bond acceptors (Lipinski definition) is 2. The first-order valence-corrected chi connectivity index (χ1v) is 6.63. The molecule has 0 heterocycles. The smallest absolute Gasteiger partial charge is 0.123 e. The number of rotatable bonds is 6. The second-order valence-corrected chi connectivity index (χ2v) is 4.09. The third kappa shape index (κ3) is 3.50. The van der Waals surface area contributed by atoms with Gasteiger partial charge in [-0.05, 0) is 26.0 Å². The first-order chi connectivity index (χ1) is 9.35. The first kappa shape index (κ1) is 13.5. The molecule has 0 saturated heterocycles. The van der Waals surface area contributed by atoms with Crippen LogP contribution in [0.15, 0.2) is 48.5 Å². The largest absolute Gasteiger partial charge is 0.494 e. The van der Waals surface area contributed by atoms with E-state index in [1.807, 2.05) is 62.4 Å². The van der Waals surface area contributed by atoms with Gasteiger partial charge in [0.2, 0.25) is 0 Å². The highest BCUT2D eigenvalue weighted by atomic mass is 16.5. The fourth-order valence-electron chi connectivity index (χ4n) is 1.94. The summed E-state index contributed by atoms with van der Waals surface area (Å²) >= 11 is 0. The number of benzene rings is 2. The minimum Gasteiger partial charge on any atom is -0.494 e. The molecule has 0 atom stereocenters. The van der Waals surface area contributed by atoms with Crippen molar-refractivity contribution in [3.63, 3.8) is 0 Å². The predicted octanol–water partition coefficient (Wildman–Crippen LogP) is 4.08. The van der Waals surface area contributed by atoms with Crippen LogP contribution in [0.4, 0.5) is 0 Å². The van der Waals surface area contributed by atoms with Crippen molar-refractivity contribution in [2.45, 2.75) is 13.8 Å². The minimum absolute atomic E-state index is 0.665. The van der Waals surface area contributed by atoms with Crippen molar-refractivity contribution in [1.29, 1.82) is 0 Å². The van der Waals surface area contributed by atoms with Gasteiger partial charge in [0.15, 0.2) is 0 Å². The van der Waals surface area contributed by atoms with E-state index in [2.05, 4.69) is 6.42 Å². The third-order valence-corrected chi connectivity index (χ3v) is 2.75. The Balaban J connectivity index is 2.25. The second-order valence-electron chi connectivity index (χ2n) is 4.09. The summed E-state index contributed by atoms with van der Waals surface area (Å²) in [5.41, 5.74) is 2.13. The van der Waals surface area contributed by atoms with Crippen molar-refractivity contribution in [1.82, 2.24) is 0 Å². The average Bonchev–Trinajstić information content (AvgIpc) is 2.44. The Hall–Kier alpha value is -1.96. The predicted molar refractivity (Wildman–Crippen MR) is 77.7 cm³/mol. The van der Waals surface area contributed by atoms with Crippen molar-refractivity contribution in [2.24, 2.45) is 0 Å². The van der Waals surface area contributed by atoms with Crippen molar-refractivity contribution >= 4 is 0 Å².